The van der Waals surface area contributed by atoms with Crippen LogP contribution in [0.3, 0.4) is 0 Å². The Bertz CT molecular complexity index is 1130. The molecule has 0 saturated heterocycles. The van der Waals surface area contributed by atoms with Gasteiger partial charge in [-0.25, -0.2) is 0 Å². The molecule has 0 aliphatic heterocycles. The van der Waals surface area contributed by atoms with E-state index in [9.17, 15) is 4.79 Å². The lowest BCUT2D eigenvalue weighted by molar-refractivity contribution is -0.119. The van der Waals surface area contributed by atoms with Gasteiger partial charge in [0.2, 0.25) is 5.91 Å². The topological polar surface area (TPSA) is 72.9 Å². The van der Waals surface area contributed by atoms with Gasteiger partial charge in [-0.15, -0.1) is 21.5 Å². The molecule has 6 nitrogen and oxygen atoms in total. The molecule has 31 heavy (non-hydrogen) atoms. The molecule has 3 aromatic heterocycles. The minimum Gasteiger partial charge on any atom is -0.469 e. The van der Waals surface area contributed by atoms with E-state index in [0.717, 1.165) is 17.0 Å². The molecule has 0 spiro atoms. The normalized spacial score (nSPS) is 12.3. The second kappa shape index (κ2) is 9.53. The second-order valence-corrected chi connectivity index (χ2v) is 9.38. The van der Waals surface area contributed by atoms with Gasteiger partial charge in [0.15, 0.2) is 11.0 Å². The standard InChI is InChI=1S/C23H24N4O2S2/c1-15(2)21(19-10-7-13-30-19)24-20(28)14-31-23-26-25-22(18-11-12-29-16(18)3)27(23)17-8-5-4-6-9-17/h4-13,15,21H,14H2,1-3H3,(H,24,28). The highest BCUT2D eigenvalue weighted by molar-refractivity contribution is 7.99. The SMILES string of the molecule is Cc1occc1-c1nnc(SCC(=O)NC(c2cccs2)C(C)C)n1-c1ccccc1. The average Bonchev–Trinajstić information content (AvgIpc) is 3.51. The lowest BCUT2D eigenvalue weighted by Gasteiger charge is -2.21. The fraction of sp³-hybridized carbons (Fsp3) is 0.261. The molecule has 0 aliphatic rings. The molecule has 1 N–H and O–H groups in total. The number of furan rings is 1. The van der Waals surface area contributed by atoms with Gasteiger partial charge in [0.25, 0.3) is 0 Å². The molecule has 8 heteroatoms. The zero-order chi connectivity index (χ0) is 21.8. The number of hydrogen-bond donors (Lipinski definition) is 1. The van der Waals surface area contributed by atoms with Gasteiger partial charge < -0.3 is 9.73 Å². The Kier molecular flexibility index (Phi) is 6.58. The van der Waals surface area contributed by atoms with Crippen molar-refractivity contribution in [2.75, 3.05) is 5.75 Å². The van der Waals surface area contributed by atoms with Crippen molar-refractivity contribution < 1.29 is 9.21 Å². The number of amides is 1. The quantitative estimate of drug-likeness (QED) is 0.357. The number of nitrogens with zero attached hydrogens (tertiary/aromatic N) is 3. The molecule has 0 radical (unpaired) electrons. The van der Waals surface area contributed by atoms with E-state index >= 15 is 0 Å². The van der Waals surface area contributed by atoms with Crippen LogP contribution in [0.5, 0.6) is 0 Å². The van der Waals surface area contributed by atoms with E-state index in [0.29, 0.717) is 16.9 Å². The van der Waals surface area contributed by atoms with E-state index in [2.05, 4.69) is 35.4 Å². The number of nitrogens with one attached hydrogen (secondary N) is 1. The first kappa shape index (κ1) is 21.4. The number of rotatable bonds is 8. The van der Waals surface area contributed by atoms with E-state index in [1.54, 1.807) is 17.6 Å². The maximum absolute atomic E-state index is 12.8. The van der Waals surface area contributed by atoms with Crippen LogP contribution in [0.1, 0.15) is 30.5 Å². The number of thioether (sulfide) groups is 1. The van der Waals surface area contributed by atoms with Gasteiger partial charge in [-0.05, 0) is 42.5 Å². The zero-order valence-corrected chi connectivity index (χ0v) is 19.2. The Labute approximate surface area is 189 Å². The number of benzene rings is 1. The molecule has 1 atom stereocenters. The molecule has 0 aliphatic carbocycles. The Hall–Kier alpha value is -2.84. The monoisotopic (exact) mass is 452 g/mol. The number of carbonyl (C=O) groups excluding carboxylic acids is 1. The van der Waals surface area contributed by atoms with Gasteiger partial charge in [-0.2, -0.15) is 0 Å². The van der Waals surface area contributed by atoms with Crippen molar-refractivity contribution in [2.24, 2.45) is 5.92 Å². The highest BCUT2D eigenvalue weighted by Crippen LogP contribution is 2.31. The van der Waals surface area contributed by atoms with Crippen molar-refractivity contribution in [1.29, 1.82) is 0 Å². The molecule has 3 heterocycles. The van der Waals surface area contributed by atoms with Crippen LogP contribution in [0.2, 0.25) is 0 Å². The number of aryl methyl sites for hydroxylation is 1. The maximum atomic E-state index is 12.8. The van der Waals surface area contributed by atoms with Crippen molar-refractivity contribution in [2.45, 2.75) is 32.0 Å². The molecule has 0 bridgehead atoms. The number of hydrogen-bond acceptors (Lipinski definition) is 6. The summed E-state index contributed by atoms with van der Waals surface area (Å²) in [6, 6.07) is 15.9. The summed E-state index contributed by atoms with van der Waals surface area (Å²) in [5.41, 5.74) is 1.81. The van der Waals surface area contributed by atoms with Crippen LogP contribution in [0.25, 0.3) is 17.1 Å². The largest absolute Gasteiger partial charge is 0.469 e. The van der Waals surface area contributed by atoms with Crippen LogP contribution in [0, 0.1) is 12.8 Å². The van der Waals surface area contributed by atoms with Gasteiger partial charge in [-0.3, -0.25) is 9.36 Å². The van der Waals surface area contributed by atoms with Crippen LogP contribution in [-0.2, 0) is 4.79 Å². The average molecular weight is 453 g/mol. The summed E-state index contributed by atoms with van der Waals surface area (Å²) in [6.45, 7) is 6.13. The van der Waals surface area contributed by atoms with Crippen LogP contribution in [-0.4, -0.2) is 26.4 Å². The second-order valence-electron chi connectivity index (χ2n) is 7.46. The van der Waals surface area contributed by atoms with Crippen molar-refractivity contribution in [3.63, 3.8) is 0 Å². The molecular formula is C23H24N4O2S2. The van der Waals surface area contributed by atoms with Gasteiger partial charge in [-0.1, -0.05) is 49.9 Å². The van der Waals surface area contributed by atoms with E-state index in [4.69, 9.17) is 4.42 Å². The van der Waals surface area contributed by atoms with Gasteiger partial charge in [0.05, 0.1) is 23.6 Å². The third-order valence-electron chi connectivity index (χ3n) is 4.91. The fourth-order valence-electron chi connectivity index (χ4n) is 3.34. The molecule has 1 unspecified atom stereocenters. The maximum Gasteiger partial charge on any atom is 0.230 e. The number of carbonyl (C=O) groups is 1. The molecule has 0 fully saturated rings. The van der Waals surface area contributed by atoms with Crippen molar-refractivity contribution in [3.05, 3.63) is 70.8 Å². The third-order valence-corrected chi connectivity index (χ3v) is 6.80. The van der Waals surface area contributed by atoms with Gasteiger partial charge >= 0.3 is 0 Å². The molecule has 1 aromatic carbocycles. The van der Waals surface area contributed by atoms with Crippen molar-refractivity contribution in [3.8, 4) is 17.1 Å². The van der Waals surface area contributed by atoms with Crippen LogP contribution in [0.15, 0.2) is 69.7 Å². The Balaban J connectivity index is 1.55. The molecule has 1 amide bonds. The van der Waals surface area contributed by atoms with Crippen LogP contribution in [0.4, 0.5) is 0 Å². The summed E-state index contributed by atoms with van der Waals surface area (Å²) in [6.07, 6.45) is 1.64. The first-order valence-corrected chi connectivity index (χ1v) is 11.9. The predicted octanol–water partition coefficient (Wildman–Crippen LogP) is 5.50. The first-order valence-electron chi connectivity index (χ1n) is 10.1. The van der Waals surface area contributed by atoms with Crippen LogP contribution < -0.4 is 5.32 Å². The lowest BCUT2D eigenvalue weighted by atomic mass is 10.0. The highest BCUT2D eigenvalue weighted by Gasteiger charge is 2.22. The first-order chi connectivity index (χ1) is 15.0. The third kappa shape index (κ3) is 4.75. The summed E-state index contributed by atoms with van der Waals surface area (Å²) < 4.78 is 7.43. The summed E-state index contributed by atoms with van der Waals surface area (Å²) in [7, 11) is 0. The Morgan fingerprint density at radius 2 is 1.97 bits per heavy atom. The smallest absolute Gasteiger partial charge is 0.230 e. The molecular weight excluding hydrogens is 428 g/mol. The molecule has 160 valence electrons. The summed E-state index contributed by atoms with van der Waals surface area (Å²) >= 11 is 3.04. The number of aromatic nitrogens is 3. The summed E-state index contributed by atoms with van der Waals surface area (Å²) in [4.78, 5) is 13.9. The van der Waals surface area contributed by atoms with Gasteiger partial charge in [0, 0.05) is 10.6 Å². The molecule has 4 rings (SSSR count). The minimum absolute atomic E-state index is 0.00392. The lowest BCUT2D eigenvalue weighted by Crippen LogP contribution is -2.32. The Morgan fingerprint density at radius 3 is 2.61 bits per heavy atom. The predicted molar refractivity (Wildman–Crippen MR) is 125 cm³/mol. The molecule has 0 saturated carbocycles. The number of para-hydroxylation sites is 1. The summed E-state index contributed by atoms with van der Waals surface area (Å²) in [5, 5.41) is 14.7. The summed E-state index contributed by atoms with van der Waals surface area (Å²) in [5.74, 6) is 2.00. The van der Waals surface area contributed by atoms with E-state index in [-0.39, 0.29) is 17.7 Å². The van der Waals surface area contributed by atoms with Crippen molar-refractivity contribution in [1.82, 2.24) is 20.1 Å². The fourth-order valence-corrected chi connectivity index (χ4v) is 5.06. The van der Waals surface area contributed by atoms with Crippen LogP contribution >= 0.6 is 23.1 Å². The van der Waals surface area contributed by atoms with Gasteiger partial charge in [0.1, 0.15) is 5.76 Å². The Morgan fingerprint density at radius 1 is 1.16 bits per heavy atom. The van der Waals surface area contributed by atoms with E-state index in [1.165, 1.54) is 16.6 Å². The van der Waals surface area contributed by atoms with Crippen molar-refractivity contribution >= 4 is 29.0 Å². The minimum atomic E-state index is -0.0271. The van der Waals surface area contributed by atoms with E-state index in [1.807, 2.05) is 59.3 Å². The molecule has 4 aromatic rings. The van der Waals surface area contributed by atoms with E-state index < -0.39 is 0 Å². The highest BCUT2D eigenvalue weighted by atomic mass is 32.2. The zero-order valence-electron chi connectivity index (χ0n) is 17.6. The number of thiophene rings is 1.